The lowest BCUT2D eigenvalue weighted by Crippen LogP contribution is -2.37. The summed E-state index contributed by atoms with van der Waals surface area (Å²) in [5.74, 6) is 1.68. The first-order valence-corrected chi connectivity index (χ1v) is 9.10. The van der Waals surface area contributed by atoms with Crippen molar-refractivity contribution >= 4 is 5.78 Å². The molecule has 4 nitrogen and oxygen atoms in total. The van der Waals surface area contributed by atoms with Crippen LogP contribution in [-0.4, -0.2) is 34.9 Å². The number of aryl methyl sites for hydroxylation is 2. The Bertz CT molecular complexity index is 735. The predicted molar refractivity (Wildman–Crippen MR) is 100 cm³/mol. The maximum Gasteiger partial charge on any atom is 0.161 e. The van der Waals surface area contributed by atoms with Crippen LogP contribution in [0.25, 0.3) is 0 Å². The second kappa shape index (κ2) is 7.87. The number of hydrogen-bond donors (Lipinski definition) is 0. The molecule has 25 heavy (non-hydrogen) atoms. The molecule has 1 aromatic carbocycles. The first kappa shape index (κ1) is 17.7. The maximum atomic E-state index is 11.6. The fourth-order valence-electron chi connectivity index (χ4n) is 3.55. The molecule has 0 N–H and O–H groups in total. The van der Waals surface area contributed by atoms with Crippen molar-refractivity contribution in [2.24, 2.45) is 13.0 Å². The summed E-state index contributed by atoms with van der Waals surface area (Å²) in [5, 5.41) is 0. The van der Waals surface area contributed by atoms with Crippen LogP contribution in [0.15, 0.2) is 36.5 Å². The molecule has 0 radical (unpaired) electrons. The van der Waals surface area contributed by atoms with Crippen LogP contribution in [-0.2, 0) is 13.6 Å². The van der Waals surface area contributed by atoms with Crippen molar-refractivity contribution in [3.63, 3.8) is 0 Å². The van der Waals surface area contributed by atoms with E-state index in [2.05, 4.69) is 22.5 Å². The summed E-state index contributed by atoms with van der Waals surface area (Å²) < 4.78 is 8.13. The number of para-hydroxylation sites is 1. The number of aromatic nitrogens is 1. The van der Waals surface area contributed by atoms with Crippen molar-refractivity contribution in [2.45, 2.75) is 33.2 Å². The highest BCUT2D eigenvalue weighted by Crippen LogP contribution is 2.22. The Morgan fingerprint density at radius 1 is 1.32 bits per heavy atom. The van der Waals surface area contributed by atoms with Crippen LogP contribution in [0.1, 0.15) is 41.4 Å². The molecule has 1 saturated heterocycles. The summed E-state index contributed by atoms with van der Waals surface area (Å²) in [6.07, 6.45) is 4.35. The largest absolute Gasteiger partial charge is 0.493 e. The number of hydrogen-bond acceptors (Lipinski definition) is 3. The average molecular weight is 340 g/mol. The van der Waals surface area contributed by atoms with Gasteiger partial charge in [0.05, 0.1) is 6.61 Å². The molecule has 0 spiro atoms. The topological polar surface area (TPSA) is 34.5 Å². The van der Waals surface area contributed by atoms with Crippen molar-refractivity contribution in [1.82, 2.24) is 9.47 Å². The Morgan fingerprint density at radius 2 is 2.12 bits per heavy atom. The SMILES string of the molecule is CC(=O)c1cc(CN2CCCC(COc3ccccc3C)C2)n(C)c1. The molecule has 2 aromatic rings. The average Bonchev–Trinajstić information content (AvgIpc) is 2.96. The second-order valence-electron chi connectivity index (χ2n) is 7.21. The zero-order chi connectivity index (χ0) is 17.8. The van der Waals surface area contributed by atoms with Crippen LogP contribution in [0.2, 0.25) is 0 Å². The van der Waals surface area contributed by atoms with Gasteiger partial charge in [-0.05, 0) is 50.9 Å². The third-order valence-corrected chi connectivity index (χ3v) is 5.07. The normalized spacial score (nSPS) is 18.3. The van der Waals surface area contributed by atoms with Crippen molar-refractivity contribution in [2.75, 3.05) is 19.7 Å². The van der Waals surface area contributed by atoms with Crippen LogP contribution in [0, 0.1) is 12.8 Å². The minimum Gasteiger partial charge on any atom is -0.493 e. The highest BCUT2D eigenvalue weighted by Gasteiger charge is 2.22. The van der Waals surface area contributed by atoms with Gasteiger partial charge in [0.2, 0.25) is 0 Å². The van der Waals surface area contributed by atoms with Crippen molar-refractivity contribution in [3.05, 3.63) is 53.3 Å². The number of carbonyl (C=O) groups excluding carboxylic acids is 1. The van der Waals surface area contributed by atoms with E-state index in [0.717, 1.165) is 37.6 Å². The molecule has 0 aliphatic carbocycles. The molecule has 1 aromatic heterocycles. The Labute approximate surface area is 150 Å². The summed E-state index contributed by atoms with van der Waals surface area (Å²) in [4.78, 5) is 14.0. The molecule has 1 aliphatic rings. The molecule has 1 fully saturated rings. The Morgan fingerprint density at radius 3 is 2.84 bits per heavy atom. The first-order valence-electron chi connectivity index (χ1n) is 9.10. The molecule has 4 heteroatoms. The quantitative estimate of drug-likeness (QED) is 0.750. The minimum atomic E-state index is 0.130. The van der Waals surface area contributed by atoms with Crippen molar-refractivity contribution < 1.29 is 9.53 Å². The highest BCUT2D eigenvalue weighted by atomic mass is 16.5. The number of carbonyl (C=O) groups is 1. The standard InChI is InChI=1S/C21H28N2O2/c1-16-7-4-5-9-21(16)25-15-18-8-6-10-23(12-18)14-20-11-19(17(2)24)13-22(20)3/h4-5,7,9,11,13,18H,6,8,10,12,14-15H2,1-3H3. The second-order valence-corrected chi connectivity index (χ2v) is 7.21. The van der Waals surface area contributed by atoms with Gasteiger partial charge >= 0.3 is 0 Å². The van der Waals surface area contributed by atoms with Crippen LogP contribution < -0.4 is 4.74 Å². The fourth-order valence-corrected chi connectivity index (χ4v) is 3.55. The van der Waals surface area contributed by atoms with E-state index in [1.54, 1.807) is 6.92 Å². The molecule has 0 bridgehead atoms. The van der Waals surface area contributed by atoms with E-state index >= 15 is 0 Å². The number of ketones is 1. The summed E-state index contributed by atoms with van der Waals surface area (Å²) in [6, 6.07) is 10.2. The zero-order valence-corrected chi connectivity index (χ0v) is 15.5. The molecular weight excluding hydrogens is 312 g/mol. The monoisotopic (exact) mass is 340 g/mol. The Hall–Kier alpha value is -2.07. The Balaban J connectivity index is 1.56. The Kier molecular flexibility index (Phi) is 5.59. The lowest BCUT2D eigenvalue weighted by atomic mass is 9.99. The van der Waals surface area contributed by atoms with E-state index in [9.17, 15) is 4.79 Å². The fraction of sp³-hybridized carbons (Fsp3) is 0.476. The lowest BCUT2D eigenvalue weighted by Gasteiger charge is -2.32. The zero-order valence-electron chi connectivity index (χ0n) is 15.5. The van der Waals surface area contributed by atoms with Crippen molar-refractivity contribution in [1.29, 1.82) is 0 Å². The number of Topliss-reactive ketones (excluding diaryl/α,β-unsaturated/α-hetero) is 1. The molecule has 1 unspecified atom stereocenters. The lowest BCUT2D eigenvalue weighted by molar-refractivity contribution is 0.101. The van der Waals surface area contributed by atoms with Gasteiger partial charge < -0.3 is 9.30 Å². The van der Waals surface area contributed by atoms with E-state index in [-0.39, 0.29) is 5.78 Å². The van der Waals surface area contributed by atoms with Gasteiger partial charge in [-0.15, -0.1) is 0 Å². The molecule has 1 atom stereocenters. The van der Waals surface area contributed by atoms with Crippen LogP contribution in [0.3, 0.4) is 0 Å². The number of ether oxygens (including phenoxy) is 1. The molecule has 2 heterocycles. The number of nitrogens with zero attached hydrogens (tertiary/aromatic N) is 2. The van der Waals surface area contributed by atoms with Gasteiger partial charge in [0, 0.05) is 43.5 Å². The molecule has 134 valence electrons. The molecule has 3 rings (SSSR count). The highest BCUT2D eigenvalue weighted by molar-refractivity contribution is 5.94. The number of rotatable bonds is 6. The van der Waals surface area contributed by atoms with Gasteiger partial charge in [-0.1, -0.05) is 18.2 Å². The van der Waals surface area contributed by atoms with Crippen LogP contribution in [0.5, 0.6) is 5.75 Å². The van der Waals surface area contributed by atoms with E-state index in [0.29, 0.717) is 5.92 Å². The third kappa shape index (κ3) is 4.51. The summed E-state index contributed by atoms with van der Waals surface area (Å²) >= 11 is 0. The van der Waals surface area contributed by atoms with Gasteiger partial charge in [0.15, 0.2) is 5.78 Å². The van der Waals surface area contributed by atoms with E-state index in [4.69, 9.17) is 4.74 Å². The first-order chi connectivity index (χ1) is 12.0. The van der Waals surface area contributed by atoms with Crippen LogP contribution in [0.4, 0.5) is 0 Å². The van der Waals surface area contributed by atoms with Gasteiger partial charge in [-0.2, -0.15) is 0 Å². The minimum absolute atomic E-state index is 0.130. The van der Waals surface area contributed by atoms with Gasteiger partial charge in [0.1, 0.15) is 5.75 Å². The van der Waals surface area contributed by atoms with Crippen molar-refractivity contribution in [3.8, 4) is 5.75 Å². The van der Waals surface area contributed by atoms with E-state index in [1.165, 1.54) is 24.1 Å². The van der Waals surface area contributed by atoms with Gasteiger partial charge in [0.25, 0.3) is 0 Å². The van der Waals surface area contributed by atoms with E-state index < -0.39 is 0 Å². The van der Waals surface area contributed by atoms with Gasteiger partial charge in [-0.25, -0.2) is 0 Å². The summed E-state index contributed by atoms with van der Waals surface area (Å²) in [5.41, 5.74) is 3.19. The maximum absolute atomic E-state index is 11.6. The molecular formula is C21H28N2O2. The summed E-state index contributed by atoms with van der Waals surface area (Å²) in [6.45, 7) is 7.54. The number of piperidine rings is 1. The van der Waals surface area contributed by atoms with Crippen LogP contribution >= 0.6 is 0 Å². The van der Waals surface area contributed by atoms with E-state index in [1.807, 2.05) is 37.5 Å². The molecule has 0 amide bonds. The predicted octanol–water partition coefficient (Wildman–Crippen LogP) is 3.83. The molecule has 0 saturated carbocycles. The smallest absolute Gasteiger partial charge is 0.161 e. The number of likely N-dealkylation sites (tertiary alicyclic amines) is 1. The summed E-state index contributed by atoms with van der Waals surface area (Å²) in [7, 11) is 2.02. The molecule has 1 aliphatic heterocycles. The number of benzene rings is 1. The van der Waals surface area contributed by atoms with Gasteiger partial charge in [-0.3, -0.25) is 9.69 Å². The third-order valence-electron chi connectivity index (χ3n) is 5.07.